The number of methoxy groups -OCH3 is 1. The molecule has 0 aliphatic carbocycles. The van der Waals surface area contributed by atoms with E-state index < -0.39 is 0 Å². The van der Waals surface area contributed by atoms with Gasteiger partial charge in [-0.3, -0.25) is 5.43 Å². The van der Waals surface area contributed by atoms with Crippen LogP contribution in [0, 0.1) is 0 Å². The molecule has 122 valence electrons. The molecule has 2 N–H and O–H groups in total. The van der Waals surface area contributed by atoms with Crippen molar-refractivity contribution in [3.05, 3.63) is 90.5 Å². The molecule has 0 amide bonds. The van der Waals surface area contributed by atoms with Gasteiger partial charge in [-0.15, -0.1) is 0 Å². The highest BCUT2D eigenvalue weighted by atomic mass is 16.5. The zero-order valence-electron chi connectivity index (χ0n) is 13.6. The maximum Gasteiger partial charge on any atom is 0.119 e. The highest BCUT2D eigenvalue weighted by Gasteiger charge is 2.06. The zero-order valence-corrected chi connectivity index (χ0v) is 13.6. The predicted octanol–water partition coefficient (Wildman–Crippen LogP) is 4.23. The number of hydrogen-bond acceptors (Lipinski definition) is 4. The Balaban J connectivity index is 1.74. The molecule has 0 saturated carbocycles. The highest BCUT2D eigenvalue weighted by molar-refractivity contribution is 5.55. The molecular weight excluding hydrogens is 298 g/mol. The van der Waals surface area contributed by atoms with Crippen molar-refractivity contribution < 1.29 is 4.74 Å². The molecule has 3 rings (SSSR count). The van der Waals surface area contributed by atoms with Crippen LogP contribution in [0.1, 0.15) is 5.56 Å². The maximum atomic E-state index is 5.21. The standard InChI is InChI=1S/C20H21N3O/c1-24-20-14-12-18(13-15-20)22-23(19-10-6-3-7-11-19)21-16-17-8-4-2-5-9-17/h2-15,21-22H,16H2,1H3. The lowest BCUT2D eigenvalue weighted by atomic mass is 10.2. The molecule has 3 aromatic rings. The van der Waals surface area contributed by atoms with Crippen molar-refractivity contribution in [3.8, 4) is 5.75 Å². The van der Waals surface area contributed by atoms with Gasteiger partial charge in [-0.2, -0.15) is 0 Å². The maximum absolute atomic E-state index is 5.21. The Morgan fingerprint density at radius 1 is 0.792 bits per heavy atom. The van der Waals surface area contributed by atoms with Crippen LogP contribution in [-0.2, 0) is 6.54 Å². The second-order valence-electron chi connectivity index (χ2n) is 5.33. The van der Waals surface area contributed by atoms with Crippen LogP contribution in [0.3, 0.4) is 0 Å². The van der Waals surface area contributed by atoms with Gasteiger partial charge in [0.25, 0.3) is 0 Å². The fraction of sp³-hybridized carbons (Fsp3) is 0.100. The fourth-order valence-electron chi connectivity index (χ4n) is 2.33. The minimum absolute atomic E-state index is 0.721. The van der Waals surface area contributed by atoms with Crippen molar-refractivity contribution in [1.82, 2.24) is 5.43 Å². The van der Waals surface area contributed by atoms with Crippen LogP contribution in [-0.4, -0.2) is 7.11 Å². The largest absolute Gasteiger partial charge is 0.497 e. The van der Waals surface area contributed by atoms with Gasteiger partial charge in [-0.05, 0) is 42.0 Å². The van der Waals surface area contributed by atoms with Gasteiger partial charge in [-0.25, -0.2) is 10.5 Å². The molecule has 0 spiro atoms. The van der Waals surface area contributed by atoms with Crippen molar-refractivity contribution in [2.24, 2.45) is 0 Å². The number of hydrazine groups is 2. The first-order chi connectivity index (χ1) is 11.8. The minimum atomic E-state index is 0.721. The molecule has 0 bridgehead atoms. The highest BCUT2D eigenvalue weighted by Crippen LogP contribution is 2.18. The molecule has 0 heterocycles. The van der Waals surface area contributed by atoms with Crippen LogP contribution in [0.4, 0.5) is 11.4 Å². The lowest BCUT2D eigenvalue weighted by Crippen LogP contribution is -2.42. The molecule has 24 heavy (non-hydrogen) atoms. The smallest absolute Gasteiger partial charge is 0.119 e. The monoisotopic (exact) mass is 319 g/mol. The third-order valence-corrected chi connectivity index (χ3v) is 3.63. The van der Waals surface area contributed by atoms with Crippen molar-refractivity contribution in [2.45, 2.75) is 6.54 Å². The van der Waals surface area contributed by atoms with E-state index in [0.717, 1.165) is 23.7 Å². The van der Waals surface area contributed by atoms with Crippen LogP contribution >= 0.6 is 0 Å². The lowest BCUT2D eigenvalue weighted by Gasteiger charge is -2.27. The fourth-order valence-corrected chi connectivity index (χ4v) is 2.33. The Bertz CT molecular complexity index is 730. The summed E-state index contributed by atoms with van der Waals surface area (Å²) in [5.74, 6) is 0.837. The third-order valence-electron chi connectivity index (χ3n) is 3.63. The number of hydrogen-bond donors (Lipinski definition) is 2. The molecule has 4 nitrogen and oxygen atoms in total. The Kier molecular flexibility index (Phi) is 5.32. The van der Waals surface area contributed by atoms with Gasteiger partial charge in [0.05, 0.1) is 18.5 Å². The second kappa shape index (κ2) is 8.04. The number of nitrogens with zero attached hydrogens (tertiary/aromatic N) is 1. The van der Waals surface area contributed by atoms with Crippen molar-refractivity contribution in [3.63, 3.8) is 0 Å². The molecule has 0 atom stereocenters. The van der Waals surface area contributed by atoms with E-state index >= 15 is 0 Å². The van der Waals surface area contributed by atoms with E-state index in [9.17, 15) is 0 Å². The van der Waals surface area contributed by atoms with E-state index in [1.807, 2.05) is 65.8 Å². The van der Waals surface area contributed by atoms with Crippen LogP contribution < -0.4 is 20.7 Å². The summed E-state index contributed by atoms with van der Waals surface area (Å²) >= 11 is 0. The van der Waals surface area contributed by atoms with Gasteiger partial charge in [0.1, 0.15) is 5.75 Å². The summed E-state index contributed by atoms with van der Waals surface area (Å²) in [5.41, 5.74) is 10.0. The van der Waals surface area contributed by atoms with Gasteiger partial charge < -0.3 is 4.74 Å². The van der Waals surface area contributed by atoms with Gasteiger partial charge in [0.15, 0.2) is 0 Å². The quantitative estimate of drug-likeness (QED) is 0.639. The number of benzene rings is 3. The van der Waals surface area contributed by atoms with Crippen molar-refractivity contribution in [2.75, 3.05) is 17.7 Å². The first-order valence-corrected chi connectivity index (χ1v) is 7.88. The Hall–Kier alpha value is -2.98. The molecular formula is C20H21N3O. The number of anilines is 2. The first kappa shape index (κ1) is 15.9. The van der Waals surface area contributed by atoms with E-state index in [0.29, 0.717) is 0 Å². The molecule has 4 heteroatoms. The Morgan fingerprint density at radius 2 is 1.42 bits per heavy atom. The number of nitrogens with one attached hydrogen (secondary N) is 2. The van der Waals surface area contributed by atoms with E-state index in [-0.39, 0.29) is 0 Å². The molecule has 0 saturated heterocycles. The first-order valence-electron chi connectivity index (χ1n) is 7.88. The van der Waals surface area contributed by atoms with Gasteiger partial charge >= 0.3 is 0 Å². The number of rotatable bonds is 7. The summed E-state index contributed by atoms with van der Waals surface area (Å²) in [7, 11) is 1.67. The van der Waals surface area contributed by atoms with E-state index in [1.54, 1.807) is 7.11 Å². The van der Waals surface area contributed by atoms with Crippen LogP contribution in [0.5, 0.6) is 5.75 Å². The molecule has 0 aromatic heterocycles. The number of para-hydroxylation sites is 1. The summed E-state index contributed by atoms with van der Waals surface area (Å²) < 4.78 is 5.21. The average molecular weight is 319 g/mol. The van der Waals surface area contributed by atoms with Crippen LogP contribution in [0.15, 0.2) is 84.9 Å². The van der Waals surface area contributed by atoms with Crippen molar-refractivity contribution >= 4 is 11.4 Å². The second-order valence-corrected chi connectivity index (χ2v) is 5.33. The normalized spacial score (nSPS) is 10.2. The van der Waals surface area contributed by atoms with Gasteiger partial charge in [0, 0.05) is 6.54 Å². The summed E-state index contributed by atoms with van der Waals surface area (Å²) in [6, 6.07) is 28.3. The van der Waals surface area contributed by atoms with E-state index in [1.165, 1.54) is 5.56 Å². The van der Waals surface area contributed by atoms with Crippen LogP contribution in [0.25, 0.3) is 0 Å². The van der Waals surface area contributed by atoms with Crippen LogP contribution in [0.2, 0.25) is 0 Å². The van der Waals surface area contributed by atoms with Gasteiger partial charge in [-0.1, -0.05) is 48.5 Å². The SMILES string of the molecule is COc1ccc(NN(NCc2ccccc2)c2ccccc2)cc1. The summed E-state index contributed by atoms with van der Waals surface area (Å²) in [6.45, 7) is 0.721. The Morgan fingerprint density at radius 3 is 2.04 bits per heavy atom. The van der Waals surface area contributed by atoms with Gasteiger partial charge in [0.2, 0.25) is 0 Å². The summed E-state index contributed by atoms with van der Waals surface area (Å²) in [4.78, 5) is 0. The molecule has 3 aromatic carbocycles. The zero-order chi connectivity index (χ0) is 16.6. The summed E-state index contributed by atoms with van der Waals surface area (Å²) in [5, 5.41) is 1.93. The van der Waals surface area contributed by atoms with E-state index in [2.05, 4.69) is 35.1 Å². The van der Waals surface area contributed by atoms with Crippen molar-refractivity contribution in [1.29, 1.82) is 0 Å². The molecule has 0 radical (unpaired) electrons. The molecule has 0 fully saturated rings. The number of ether oxygens (including phenoxy) is 1. The topological polar surface area (TPSA) is 36.5 Å². The molecule has 0 unspecified atom stereocenters. The summed E-state index contributed by atoms with van der Waals surface area (Å²) in [6.07, 6.45) is 0. The molecule has 0 aliphatic heterocycles. The van der Waals surface area contributed by atoms with E-state index in [4.69, 9.17) is 4.74 Å². The lowest BCUT2D eigenvalue weighted by molar-refractivity contribution is 0.415. The Labute approximate surface area is 142 Å². The average Bonchev–Trinajstić information content (AvgIpc) is 2.67. The predicted molar refractivity (Wildman–Crippen MR) is 98.8 cm³/mol. The minimum Gasteiger partial charge on any atom is -0.497 e. The molecule has 0 aliphatic rings. The third kappa shape index (κ3) is 4.27.